The van der Waals surface area contributed by atoms with Gasteiger partial charge in [0.15, 0.2) is 0 Å². The number of primary amides is 1. The van der Waals surface area contributed by atoms with Crippen molar-refractivity contribution >= 4 is 16.8 Å². The zero-order chi connectivity index (χ0) is 29.4. The Balaban J connectivity index is 1.62. The molecule has 1 aliphatic carbocycles. The lowest BCUT2D eigenvalue weighted by Crippen LogP contribution is -2.38. The topological polar surface area (TPSA) is 107 Å². The van der Waals surface area contributed by atoms with Crippen LogP contribution in [0, 0.1) is 12.7 Å². The minimum Gasteiger partial charge on any atom is -0.386 e. The Labute approximate surface area is 234 Å². The van der Waals surface area contributed by atoms with Crippen molar-refractivity contribution in [3.05, 3.63) is 121 Å². The van der Waals surface area contributed by atoms with Gasteiger partial charge in [0.2, 0.25) is 5.91 Å². The highest BCUT2D eigenvalue weighted by molar-refractivity contribution is 6.02. The molecule has 0 aliphatic heterocycles. The van der Waals surface area contributed by atoms with Crippen LogP contribution in [0.1, 0.15) is 46.5 Å². The molecule has 0 bridgehead atoms. The average Bonchev–Trinajstić information content (AvgIpc) is 3.31. The van der Waals surface area contributed by atoms with Gasteiger partial charge in [-0.3, -0.25) is 14.2 Å². The minimum absolute atomic E-state index is 0.0468. The van der Waals surface area contributed by atoms with Gasteiger partial charge in [-0.25, -0.2) is 13.8 Å². The third-order valence-corrected chi connectivity index (χ3v) is 8.10. The molecule has 0 radical (unpaired) electrons. The standard InChI is InChI=1S/C33H28FN3O4/c1-17-20(7-6-10-27(17)37-31(39)24-8-5-9-26(34)29(24)36(4)32(37)40)22-13-14-23(30(35)38)25-16-18-15-19(33(2,3)41)11-12-21(18)28(22)25/h5-15,41H,16H2,1-4H3,(H2,35,38). The molecule has 206 valence electrons. The van der Waals surface area contributed by atoms with Crippen LogP contribution in [0.3, 0.4) is 0 Å². The number of amides is 1. The lowest BCUT2D eigenvalue weighted by atomic mass is 9.88. The summed E-state index contributed by atoms with van der Waals surface area (Å²) in [6, 6.07) is 18.8. The zero-order valence-electron chi connectivity index (χ0n) is 23.1. The summed E-state index contributed by atoms with van der Waals surface area (Å²) in [4.78, 5) is 39.4. The van der Waals surface area contributed by atoms with E-state index in [1.165, 1.54) is 25.2 Å². The van der Waals surface area contributed by atoms with E-state index in [0.717, 1.165) is 48.1 Å². The molecule has 5 aromatic rings. The lowest BCUT2D eigenvalue weighted by Gasteiger charge is -2.19. The van der Waals surface area contributed by atoms with Gasteiger partial charge in [-0.05, 0) is 96.0 Å². The molecule has 0 unspecified atom stereocenters. The summed E-state index contributed by atoms with van der Waals surface area (Å²) in [5.74, 6) is -1.18. The molecule has 41 heavy (non-hydrogen) atoms. The summed E-state index contributed by atoms with van der Waals surface area (Å²) in [6.07, 6.45) is 0.468. The summed E-state index contributed by atoms with van der Waals surface area (Å²) < 4.78 is 16.8. The second-order valence-electron chi connectivity index (χ2n) is 11.1. The molecule has 1 heterocycles. The maximum atomic E-state index is 14.6. The molecular formula is C33H28FN3O4. The first-order valence-electron chi connectivity index (χ1n) is 13.2. The first kappa shape index (κ1) is 26.4. The van der Waals surface area contributed by atoms with Crippen LogP contribution in [0.25, 0.3) is 38.8 Å². The normalized spacial score (nSPS) is 12.4. The maximum absolute atomic E-state index is 14.6. The molecule has 1 amide bonds. The maximum Gasteiger partial charge on any atom is 0.335 e. The second-order valence-corrected chi connectivity index (χ2v) is 11.1. The number of para-hydroxylation sites is 1. The van der Waals surface area contributed by atoms with Crippen molar-refractivity contribution in [2.45, 2.75) is 32.8 Å². The highest BCUT2D eigenvalue weighted by Crippen LogP contribution is 2.46. The van der Waals surface area contributed by atoms with Crippen molar-refractivity contribution in [2.75, 3.05) is 0 Å². The molecule has 0 saturated carbocycles. The first-order valence-corrected chi connectivity index (χ1v) is 13.2. The van der Waals surface area contributed by atoms with Crippen LogP contribution in [-0.2, 0) is 19.1 Å². The Hall–Kier alpha value is -4.82. The summed E-state index contributed by atoms with van der Waals surface area (Å²) in [6.45, 7) is 5.27. The number of nitrogens with two attached hydrogens (primary N) is 1. The zero-order valence-corrected chi connectivity index (χ0v) is 23.1. The minimum atomic E-state index is -1.04. The number of hydrogen-bond acceptors (Lipinski definition) is 4. The van der Waals surface area contributed by atoms with Crippen molar-refractivity contribution in [3.8, 4) is 27.9 Å². The van der Waals surface area contributed by atoms with Gasteiger partial charge in [-0.1, -0.05) is 42.5 Å². The first-order chi connectivity index (χ1) is 19.4. The highest BCUT2D eigenvalue weighted by Gasteiger charge is 2.29. The fourth-order valence-electron chi connectivity index (χ4n) is 6.00. The van der Waals surface area contributed by atoms with Crippen LogP contribution in [-0.4, -0.2) is 20.1 Å². The van der Waals surface area contributed by atoms with Crippen molar-refractivity contribution in [1.29, 1.82) is 0 Å². The molecule has 7 nitrogen and oxygen atoms in total. The Bertz CT molecular complexity index is 2070. The number of rotatable bonds is 4. The number of fused-ring (bicyclic) bond motifs is 4. The summed E-state index contributed by atoms with van der Waals surface area (Å²) in [5, 5.41) is 10.7. The van der Waals surface area contributed by atoms with E-state index in [2.05, 4.69) is 0 Å². The van der Waals surface area contributed by atoms with Gasteiger partial charge >= 0.3 is 5.69 Å². The smallest absolute Gasteiger partial charge is 0.335 e. The van der Waals surface area contributed by atoms with Crippen molar-refractivity contribution < 1.29 is 14.3 Å². The fraction of sp³-hybridized carbons (Fsp3) is 0.182. The summed E-state index contributed by atoms with van der Waals surface area (Å²) >= 11 is 0. The molecule has 4 aromatic carbocycles. The predicted molar refractivity (Wildman–Crippen MR) is 157 cm³/mol. The van der Waals surface area contributed by atoms with Crippen molar-refractivity contribution in [3.63, 3.8) is 0 Å². The van der Waals surface area contributed by atoms with Gasteiger partial charge in [-0.2, -0.15) is 0 Å². The second kappa shape index (κ2) is 9.11. The highest BCUT2D eigenvalue weighted by atomic mass is 19.1. The van der Waals surface area contributed by atoms with Gasteiger partial charge < -0.3 is 10.8 Å². The van der Waals surface area contributed by atoms with E-state index in [1.807, 2.05) is 37.3 Å². The molecule has 1 aromatic heterocycles. The third kappa shape index (κ3) is 3.94. The molecular weight excluding hydrogens is 521 g/mol. The summed E-state index contributed by atoms with van der Waals surface area (Å²) in [5.41, 5.74) is 10.7. The van der Waals surface area contributed by atoms with Crippen LogP contribution >= 0.6 is 0 Å². The fourth-order valence-corrected chi connectivity index (χ4v) is 6.00. The van der Waals surface area contributed by atoms with Gasteiger partial charge in [0, 0.05) is 12.6 Å². The number of carbonyl (C=O) groups excluding carboxylic acids is 1. The van der Waals surface area contributed by atoms with Crippen molar-refractivity contribution in [2.24, 2.45) is 12.8 Å². The number of halogens is 1. The number of carbonyl (C=O) groups is 1. The molecule has 0 saturated heterocycles. The number of nitrogens with zero attached hydrogens (tertiary/aromatic N) is 2. The van der Waals surface area contributed by atoms with Crippen LogP contribution < -0.4 is 17.0 Å². The summed E-state index contributed by atoms with van der Waals surface area (Å²) in [7, 11) is 1.44. The number of benzene rings is 4. The molecule has 0 atom stereocenters. The quantitative estimate of drug-likeness (QED) is 0.332. The Kier molecular flexibility index (Phi) is 5.86. The van der Waals surface area contributed by atoms with Gasteiger partial charge in [0.25, 0.3) is 5.56 Å². The van der Waals surface area contributed by atoms with Crippen molar-refractivity contribution in [1.82, 2.24) is 9.13 Å². The molecule has 1 aliphatic rings. The Morgan fingerprint density at radius 2 is 1.68 bits per heavy atom. The van der Waals surface area contributed by atoms with Gasteiger partial charge in [-0.15, -0.1) is 0 Å². The molecule has 3 N–H and O–H groups in total. The van der Waals surface area contributed by atoms with Crippen LogP contribution in [0.4, 0.5) is 4.39 Å². The number of aryl methyl sites for hydroxylation is 1. The van der Waals surface area contributed by atoms with Crippen LogP contribution in [0.15, 0.2) is 76.3 Å². The molecule has 0 spiro atoms. The van der Waals surface area contributed by atoms with E-state index in [0.29, 0.717) is 23.2 Å². The largest absolute Gasteiger partial charge is 0.386 e. The lowest BCUT2D eigenvalue weighted by molar-refractivity contribution is 0.0785. The monoisotopic (exact) mass is 549 g/mol. The molecule has 6 rings (SSSR count). The molecule has 0 fully saturated rings. The Morgan fingerprint density at radius 1 is 0.976 bits per heavy atom. The van der Waals surface area contributed by atoms with E-state index in [9.17, 15) is 23.9 Å². The SMILES string of the molecule is Cc1c(-c2ccc(C(N)=O)c3c2-c2ccc(C(C)(C)O)cc2C3)cccc1-n1c(=O)c2cccc(F)c2n(C)c1=O. The third-order valence-electron chi connectivity index (χ3n) is 8.10. The number of hydrogen-bond donors (Lipinski definition) is 2. The van der Waals surface area contributed by atoms with Gasteiger partial charge in [0.05, 0.1) is 22.2 Å². The Morgan fingerprint density at radius 3 is 2.39 bits per heavy atom. The van der Waals surface area contributed by atoms with Crippen LogP contribution in [0.5, 0.6) is 0 Å². The van der Waals surface area contributed by atoms with Gasteiger partial charge in [0.1, 0.15) is 5.82 Å². The van der Waals surface area contributed by atoms with E-state index >= 15 is 0 Å². The van der Waals surface area contributed by atoms with Crippen LogP contribution in [0.2, 0.25) is 0 Å². The molecule has 8 heteroatoms. The van der Waals surface area contributed by atoms with E-state index in [1.54, 1.807) is 32.0 Å². The number of aromatic nitrogens is 2. The predicted octanol–water partition coefficient (Wildman–Crippen LogP) is 4.70. The van der Waals surface area contributed by atoms with E-state index in [4.69, 9.17) is 5.73 Å². The van der Waals surface area contributed by atoms with E-state index < -0.39 is 28.6 Å². The number of aliphatic hydroxyl groups is 1. The van der Waals surface area contributed by atoms with E-state index in [-0.39, 0.29) is 10.9 Å². The average molecular weight is 550 g/mol.